The van der Waals surface area contributed by atoms with Gasteiger partial charge in [-0.15, -0.1) is 0 Å². The molecule has 1 aromatic carbocycles. The van der Waals surface area contributed by atoms with Crippen LogP contribution in [0.25, 0.3) is 0 Å². The number of halogens is 1. The number of benzene rings is 1. The van der Waals surface area contributed by atoms with Gasteiger partial charge in [0.05, 0.1) is 11.7 Å². The van der Waals surface area contributed by atoms with E-state index < -0.39 is 0 Å². The molecule has 0 radical (unpaired) electrons. The summed E-state index contributed by atoms with van der Waals surface area (Å²) in [4.78, 5) is 0. The van der Waals surface area contributed by atoms with E-state index >= 15 is 0 Å². The smallest absolute Gasteiger partial charge is 0.173 e. The van der Waals surface area contributed by atoms with E-state index in [-0.39, 0.29) is 11.9 Å². The summed E-state index contributed by atoms with van der Waals surface area (Å²) >= 11 is 3.42. The molecule has 2 atom stereocenters. The van der Waals surface area contributed by atoms with Crippen molar-refractivity contribution in [2.24, 2.45) is 16.8 Å². The lowest BCUT2D eigenvalue weighted by atomic mass is 9.88. The van der Waals surface area contributed by atoms with Crippen LogP contribution in [0.15, 0.2) is 27.8 Å². The van der Waals surface area contributed by atoms with Crippen LogP contribution in [0.2, 0.25) is 0 Å². The number of ether oxygens (including phenoxy) is 1. The first-order valence-electron chi connectivity index (χ1n) is 6.54. The number of nitrogens with two attached hydrogens (primary N) is 1. The lowest BCUT2D eigenvalue weighted by Gasteiger charge is -2.28. The number of amidine groups is 1. The van der Waals surface area contributed by atoms with Crippen molar-refractivity contribution in [3.63, 3.8) is 0 Å². The van der Waals surface area contributed by atoms with Crippen molar-refractivity contribution >= 4 is 21.8 Å². The Morgan fingerprint density at radius 2 is 2.26 bits per heavy atom. The van der Waals surface area contributed by atoms with Gasteiger partial charge in [-0.3, -0.25) is 0 Å². The van der Waals surface area contributed by atoms with E-state index in [1.807, 2.05) is 12.1 Å². The Bertz CT molecular complexity index is 477. The van der Waals surface area contributed by atoms with Gasteiger partial charge < -0.3 is 15.7 Å². The Morgan fingerprint density at radius 1 is 1.47 bits per heavy atom. The van der Waals surface area contributed by atoms with Gasteiger partial charge in [-0.2, -0.15) is 0 Å². The number of hydrogen-bond donors (Lipinski definition) is 2. The monoisotopic (exact) mass is 326 g/mol. The highest BCUT2D eigenvalue weighted by molar-refractivity contribution is 9.10. The van der Waals surface area contributed by atoms with Gasteiger partial charge in [-0.05, 0) is 43.4 Å². The van der Waals surface area contributed by atoms with Gasteiger partial charge in [0.2, 0.25) is 0 Å². The fraction of sp³-hybridized carbons (Fsp3) is 0.500. The largest absolute Gasteiger partial charge is 0.490 e. The maximum atomic E-state index is 8.83. The lowest BCUT2D eigenvalue weighted by molar-refractivity contribution is 0.129. The Hall–Kier alpha value is -1.23. The molecule has 2 rings (SSSR count). The highest BCUT2D eigenvalue weighted by atomic mass is 79.9. The van der Waals surface area contributed by atoms with Crippen molar-refractivity contribution in [1.29, 1.82) is 0 Å². The summed E-state index contributed by atoms with van der Waals surface area (Å²) < 4.78 is 6.98. The van der Waals surface area contributed by atoms with E-state index in [9.17, 15) is 0 Å². The molecule has 19 heavy (non-hydrogen) atoms. The molecular formula is C14H19BrN2O2. The van der Waals surface area contributed by atoms with Gasteiger partial charge in [-0.1, -0.05) is 34.4 Å². The quantitative estimate of drug-likeness (QED) is 0.386. The molecule has 104 valence electrons. The van der Waals surface area contributed by atoms with E-state index in [0.29, 0.717) is 17.2 Å². The Labute approximate surface area is 121 Å². The second-order valence-electron chi connectivity index (χ2n) is 5.14. The average molecular weight is 327 g/mol. The van der Waals surface area contributed by atoms with Crippen LogP contribution in [0, 0.1) is 5.92 Å². The van der Waals surface area contributed by atoms with Crippen LogP contribution < -0.4 is 10.5 Å². The second-order valence-corrected chi connectivity index (χ2v) is 6.05. The fourth-order valence-electron chi connectivity index (χ4n) is 2.52. The second kappa shape index (κ2) is 6.28. The van der Waals surface area contributed by atoms with Crippen LogP contribution in [0.1, 0.15) is 38.2 Å². The van der Waals surface area contributed by atoms with Crippen molar-refractivity contribution < 1.29 is 9.94 Å². The maximum absolute atomic E-state index is 8.83. The lowest BCUT2D eigenvalue weighted by Crippen LogP contribution is -2.25. The van der Waals surface area contributed by atoms with Gasteiger partial charge in [0.15, 0.2) is 5.84 Å². The summed E-state index contributed by atoms with van der Waals surface area (Å²) in [6, 6.07) is 5.51. The summed E-state index contributed by atoms with van der Waals surface area (Å²) in [5, 5.41) is 11.9. The van der Waals surface area contributed by atoms with E-state index in [2.05, 4.69) is 28.0 Å². The molecule has 0 saturated heterocycles. The number of nitrogens with zero attached hydrogens (tertiary/aromatic N) is 1. The summed E-state index contributed by atoms with van der Waals surface area (Å²) in [6.45, 7) is 2.25. The zero-order chi connectivity index (χ0) is 13.8. The van der Waals surface area contributed by atoms with Gasteiger partial charge in [0.25, 0.3) is 0 Å². The summed E-state index contributed by atoms with van der Waals surface area (Å²) in [7, 11) is 0. The minimum atomic E-state index is 0.0753. The van der Waals surface area contributed by atoms with Crippen LogP contribution in [0.3, 0.4) is 0 Å². The van der Waals surface area contributed by atoms with Crippen molar-refractivity contribution in [1.82, 2.24) is 0 Å². The van der Waals surface area contributed by atoms with Crippen LogP contribution in [-0.2, 0) is 0 Å². The Morgan fingerprint density at radius 3 is 2.95 bits per heavy atom. The van der Waals surface area contributed by atoms with Gasteiger partial charge >= 0.3 is 0 Å². The zero-order valence-corrected chi connectivity index (χ0v) is 12.6. The molecule has 0 heterocycles. The number of hydrogen-bond acceptors (Lipinski definition) is 3. The molecule has 4 nitrogen and oxygen atoms in total. The highest BCUT2D eigenvalue weighted by Gasteiger charge is 2.21. The predicted octanol–water partition coefficient (Wildman–Crippen LogP) is 3.50. The average Bonchev–Trinajstić information content (AvgIpc) is 2.38. The van der Waals surface area contributed by atoms with Gasteiger partial charge in [0.1, 0.15) is 5.75 Å². The third kappa shape index (κ3) is 3.62. The molecule has 5 heteroatoms. The summed E-state index contributed by atoms with van der Waals surface area (Å²) in [5.41, 5.74) is 6.31. The minimum Gasteiger partial charge on any atom is -0.490 e. The third-order valence-corrected chi connectivity index (χ3v) is 4.00. The van der Waals surface area contributed by atoms with Gasteiger partial charge in [0, 0.05) is 4.47 Å². The molecule has 0 spiro atoms. The van der Waals surface area contributed by atoms with E-state index in [0.717, 1.165) is 17.3 Å². The minimum absolute atomic E-state index is 0.0753. The predicted molar refractivity (Wildman–Crippen MR) is 78.7 cm³/mol. The molecule has 0 aromatic heterocycles. The first-order valence-corrected chi connectivity index (χ1v) is 7.33. The molecule has 0 amide bonds. The topological polar surface area (TPSA) is 67.8 Å². The first-order chi connectivity index (χ1) is 9.10. The molecular weight excluding hydrogens is 308 g/mol. The molecule has 2 unspecified atom stereocenters. The number of oxime groups is 1. The Kier molecular flexibility index (Phi) is 4.69. The fourth-order valence-corrected chi connectivity index (χ4v) is 2.86. The molecule has 0 bridgehead atoms. The van der Waals surface area contributed by atoms with Crippen LogP contribution in [-0.4, -0.2) is 17.1 Å². The van der Waals surface area contributed by atoms with Crippen molar-refractivity contribution in [2.75, 3.05) is 0 Å². The van der Waals surface area contributed by atoms with E-state index in [4.69, 9.17) is 15.7 Å². The molecule has 3 N–H and O–H groups in total. The zero-order valence-electron chi connectivity index (χ0n) is 11.0. The standard InChI is InChI=1S/C14H19BrN2O2/c1-9-3-2-4-11(7-9)19-13-8-10(15)5-6-12(13)14(16)17-18/h5-6,8-9,11,18H,2-4,7H2,1H3,(H2,16,17). The van der Waals surface area contributed by atoms with Gasteiger partial charge in [-0.25, -0.2) is 0 Å². The SMILES string of the molecule is CC1CCCC(Oc2cc(Br)ccc2/C(N)=N/O)C1. The third-order valence-electron chi connectivity index (χ3n) is 3.51. The molecule has 1 aliphatic rings. The van der Waals surface area contributed by atoms with E-state index in [1.54, 1.807) is 6.07 Å². The molecule has 1 saturated carbocycles. The van der Waals surface area contributed by atoms with Crippen LogP contribution >= 0.6 is 15.9 Å². The maximum Gasteiger partial charge on any atom is 0.173 e. The summed E-state index contributed by atoms with van der Waals surface area (Å²) in [6.07, 6.45) is 4.79. The van der Waals surface area contributed by atoms with E-state index in [1.165, 1.54) is 12.8 Å². The van der Waals surface area contributed by atoms with Crippen molar-refractivity contribution in [3.8, 4) is 5.75 Å². The normalized spacial score (nSPS) is 24.2. The first kappa shape index (κ1) is 14.2. The van der Waals surface area contributed by atoms with Crippen molar-refractivity contribution in [2.45, 2.75) is 38.7 Å². The molecule has 1 aliphatic carbocycles. The molecule has 1 aromatic rings. The van der Waals surface area contributed by atoms with Crippen LogP contribution in [0.4, 0.5) is 0 Å². The number of rotatable bonds is 3. The van der Waals surface area contributed by atoms with Crippen molar-refractivity contribution in [3.05, 3.63) is 28.2 Å². The molecule has 0 aliphatic heterocycles. The molecule has 1 fully saturated rings. The summed E-state index contributed by atoms with van der Waals surface area (Å²) in [5.74, 6) is 1.44. The van der Waals surface area contributed by atoms with Crippen LogP contribution in [0.5, 0.6) is 5.75 Å². The highest BCUT2D eigenvalue weighted by Crippen LogP contribution is 2.30. The Balaban J connectivity index is 2.20.